The van der Waals surface area contributed by atoms with Crippen LogP contribution in [0.1, 0.15) is 21.8 Å². The molecule has 0 fully saturated rings. The van der Waals surface area contributed by atoms with Gasteiger partial charge in [-0.05, 0) is 23.8 Å². The maximum atomic E-state index is 12.8. The fraction of sp³-hybridized carbons (Fsp3) is 0.111. The van der Waals surface area contributed by atoms with Crippen LogP contribution < -0.4 is 5.32 Å². The zero-order chi connectivity index (χ0) is 14.2. The molecule has 21 heavy (non-hydrogen) atoms. The van der Waals surface area contributed by atoms with E-state index >= 15 is 0 Å². The number of ketones is 1. The number of hydrogen-bond acceptors (Lipinski definition) is 3. The molecule has 3 aromatic rings. The Morgan fingerprint density at radius 1 is 1.10 bits per heavy atom. The fourth-order valence-corrected chi connectivity index (χ4v) is 2.94. The molecule has 0 amide bonds. The summed E-state index contributed by atoms with van der Waals surface area (Å²) in [6.45, 7) is 0.665. The summed E-state index contributed by atoms with van der Waals surface area (Å²) < 4.78 is 0. The van der Waals surface area contributed by atoms with Crippen LogP contribution in [0.5, 0.6) is 0 Å². The highest BCUT2D eigenvalue weighted by atomic mass is 16.1. The Balaban J connectivity index is 1.74. The molecule has 1 N–H and O–H groups in total. The maximum absolute atomic E-state index is 12.8. The van der Waals surface area contributed by atoms with Crippen LogP contribution in [0.25, 0.3) is 10.9 Å². The predicted octanol–water partition coefficient (Wildman–Crippen LogP) is 3.63. The molecule has 2 aromatic carbocycles. The van der Waals surface area contributed by atoms with Gasteiger partial charge in [-0.2, -0.15) is 0 Å². The monoisotopic (exact) mass is 274 g/mol. The van der Waals surface area contributed by atoms with E-state index in [0.717, 1.165) is 27.7 Å². The number of nitrogens with zero attached hydrogens (tertiary/aromatic N) is 1. The Kier molecular flexibility index (Phi) is 2.71. The van der Waals surface area contributed by atoms with Gasteiger partial charge in [0, 0.05) is 29.4 Å². The fourth-order valence-electron chi connectivity index (χ4n) is 2.94. The van der Waals surface area contributed by atoms with E-state index in [1.54, 1.807) is 6.20 Å². The third-order valence-electron chi connectivity index (χ3n) is 4.04. The highest BCUT2D eigenvalue weighted by Crippen LogP contribution is 2.33. The highest BCUT2D eigenvalue weighted by Gasteiger charge is 2.28. The van der Waals surface area contributed by atoms with Crippen molar-refractivity contribution >= 4 is 22.4 Å². The van der Waals surface area contributed by atoms with Crippen LogP contribution in [0.4, 0.5) is 5.69 Å². The molecule has 1 atom stereocenters. The molecule has 0 saturated heterocycles. The van der Waals surface area contributed by atoms with Gasteiger partial charge in [-0.25, -0.2) is 0 Å². The minimum absolute atomic E-state index is 0.109. The number of aromatic nitrogens is 1. The van der Waals surface area contributed by atoms with Crippen molar-refractivity contribution in [3.05, 3.63) is 71.9 Å². The molecule has 0 radical (unpaired) electrons. The van der Waals surface area contributed by atoms with E-state index in [2.05, 4.69) is 10.3 Å². The van der Waals surface area contributed by atoms with Gasteiger partial charge in [-0.3, -0.25) is 9.78 Å². The summed E-state index contributed by atoms with van der Waals surface area (Å²) in [7, 11) is 0. The van der Waals surface area contributed by atoms with Crippen molar-refractivity contribution in [1.82, 2.24) is 4.98 Å². The average molecular weight is 274 g/mol. The number of hydrogen-bond donors (Lipinski definition) is 1. The van der Waals surface area contributed by atoms with Crippen LogP contribution in [-0.2, 0) is 0 Å². The van der Waals surface area contributed by atoms with Gasteiger partial charge < -0.3 is 5.32 Å². The minimum Gasteiger partial charge on any atom is -0.384 e. The normalized spacial score (nSPS) is 16.5. The quantitative estimate of drug-likeness (QED) is 0.726. The molecular weight excluding hydrogens is 260 g/mol. The number of anilines is 1. The molecule has 0 spiro atoms. The zero-order valence-electron chi connectivity index (χ0n) is 11.4. The van der Waals surface area contributed by atoms with Gasteiger partial charge in [0.15, 0.2) is 5.78 Å². The number of rotatable bonds is 2. The third kappa shape index (κ3) is 1.98. The first-order valence-corrected chi connectivity index (χ1v) is 7.05. The van der Waals surface area contributed by atoms with Crippen molar-refractivity contribution in [2.45, 2.75) is 5.92 Å². The zero-order valence-corrected chi connectivity index (χ0v) is 11.4. The number of nitrogens with one attached hydrogen (secondary N) is 1. The van der Waals surface area contributed by atoms with Gasteiger partial charge in [-0.15, -0.1) is 0 Å². The molecule has 1 unspecified atom stereocenters. The second kappa shape index (κ2) is 4.70. The molecule has 0 saturated carbocycles. The van der Waals surface area contributed by atoms with Crippen LogP contribution >= 0.6 is 0 Å². The maximum Gasteiger partial charge on any atom is 0.172 e. The predicted molar refractivity (Wildman–Crippen MR) is 83.7 cm³/mol. The average Bonchev–Trinajstić information content (AvgIpc) is 2.98. The molecule has 1 aromatic heterocycles. The van der Waals surface area contributed by atoms with Crippen molar-refractivity contribution in [2.24, 2.45) is 0 Å². The Hall–Kier alpha value is -2.68. The second-order valence-electron chi connectivity index (χ2n) is 5.30. The Morgan fingerprint density at radius 3 is 2.95 bits per heavy atom. The van der Waals surface area contributed by atoms with Crippen molar-refractivity contribution in [2.75, 3.05) is 11.9 Å². The lowest BCUT2D eigenvalue weighted by atomic mass is 9.92. The van der Waals surface area contributed by atoms with Crippen molar-refractivity contribution in [3.8, 4) is 0 Å². The lowest BCUT2D eigenvalue weighted by Crippen LogP contribution is -2.14. The standard InChI is InChI=1S/C18H14N2O/c21-18(15-11-20-16-6-2-1-5-14(15)16)13-8-7-12-4-3-9-19-17(12)10-13/h1-10,15,20H,11H2. The summed E-state index contributed by atoms with van der Waals surface area (Å²) in [6.07, 6.45) is 1.75. The van der Waals surface area contributed by atoms with Gasteiger partial charge in [-0.1, -0.05) is 36.4 Å². The van der Waals surface area contributed by atoms with Gasteiger partial charge in [0.2, 0.25) is 0 Å². The lowest BCUT2D eigenvalue weighted by molar-refractivity contribution is 0.0966. The number of carbonyl (C=O) groups is 1. The topological polar surface area (TPSA) is 42.0 Å². The van der Waals surface area contributed by atoms with E-state index in [0.29, 0.717) is 6.54 Å². The Bertz CT molecular complexity index is 841. The van der Waals surface area contributed by atoms with Gasteiger partial charge in [0.1, 0.15) is 0 Å². The largest absolute Gasteiger partial charge is 0.384 e. The van der Waals surface area contributed by atoms with E-state index < -0.39 is 0 Å². The first-order valence-electron chi connectivity index (χ1n) is 7.05. The first kappa shape index (κ1) is 12.1. The summed E-state index contributed by atoms with van der Waals surface area (Å²) in [4.78, 5) is 17.1. The van der Waals surface area contributed by atoms with Crippen LogP contribution in [0, 0.1) is 0 Å². The summed E-state index contributed by atoms with van der Waals surface area (Å²) in [5.41, 5.74) is 3.74. The molecular formula is C18H14N2O. The molecule has 0 bridgehead atoms. The van der Waals surface area contributed by atoms with Crippen LogP contribution in [0.3, 0.4) is 0 Å². The lowest BCUT2D eigenvalue weighted by Gasteiger charge is -2.09. The number of Topliss-reactive ketones (excluding diaryl/α,β-unsaturated/α-hetero) is 1. The molecule has 1 aliphatic heterocycles. The molecule has 3 nitrogen and oxygen atoms in total. The third-order valence-corrected chi connectivity index (χ3v) is 4.04. The number of pyridine rings is 1. The first-order chi connectivity index (χ1) is 10.3. The SMILES string of the molecule is O=C(c1ccc2cccnc2c1)C1CNc2ccccc21. The number of benzene rings is 2. The number of para-hydroxylation sites is 1. The molecule has 102 valence electrons. The number of carbonyl (C=O) groups excluding carboxylic acids is 1. The molecule has 1 aliphatic rings. The van der Waals surface area contributed by atoms with Crippen LogP contribution in [-0.4, -0.2) is 17.3 Å². The molecule has 4 rings (SSSR count). The van der Waals surface area contributed by atoms with Crippen molar-refractivity contribution < 1.29 is 4.79 Å². The van der Waals surface area contributed by atoms with E-state index in [4.69, 9.17) is 0 Å². The van der Waals surface area contributed by atoms with E-state index in [1.165, 1.54) is 0 Å². The van der Waals surface area contributed by atoms with Gasteiger partial charge in [0.05, 0.1) is 11.4 Å². The highest BCUT2D eigenvalue weighted by molar-refractivity contribution is 6.05. The number of fused-ring (bicyclic) bond motifs is 2. The Labute approximate surface area is 122 Å². The van der Waals surface area contributed by atoms with E-state index in [1.807, 2.05) is 54.6 Å². The summed E-state index contributed by atoms with van der Waals surface area (Å²) >= 11 is 0. The van der Waals surface area contributed by atoms with Crippen molar-refractivity contribution in [3.63, 3.8) is 0 Å². The van der Waals surface area contributed by atoms with Crippen LogP contribution in [0.15, 0.2) is 60.8 Å². The van der Waals surface area contributed by atoms with Crippen LogP contribution in [0.2, 0.25) is 0 Å². The molecule has 0 aliphatic carbocycles. The summed E-state index contributed by atoms with van der Waals surface area (Å²) in [5, 5.41) is 4.36. The van der Waals surface area contributed by atoms with Gasteiger partial charge in [0.25, 0.3) is 0 Å². The minimum atomic E-state index is -0.109. The molecule has 3 heteroatoms. The summed E-state index contributed by atoms with van der Waals surface area (Å²) in [6, 6.07) is 17.7. The van der Waals surface area contributed by atoms with E-state index in [-0.39, 0.29) is 11.7 Å². The smallest absolute Gasteiger partial charge is 0.172 e. The second-order valence-corrected chi connectivity index (χ2v) is 5.30. The molecule has 2 heterocycles. The Morgan fingerprint density at radius 2 is 2.00 bits per heavy atom. The van der Waals surface area contributed by atoms with Crippen molar-refractivity contribution in [1.29, 1.82) is 0 Å². The van der Waals surface area contributed by atoms with E-state index in [9.17, 15) is 4.79 Å². The van der Waals surface area contributed by atoms with Gasteiger partial charge >= 0.3 is 0 Å². The summed E-state index contributed by atoms with van der Waals surface area (Å²) in [5.74, 6) is 0.0439.